The van der Waals surface area contributed by atoms with Crippen molar-refractivity contribution in [1.29, 1.82) is 0 Å². The van der Waals surface area contributed by atoms with Gasteiger partial charge in [-0.3, -0.25) is 4.90 Å². The third-order valence-electron chi connectivity index (χ3n) is 6.26. The molecule has 1 aromatic heterocycles. The highest BCUT2D eigenvalue weighted by atomic mass is 16.5. The van der Waals surface area contributed by atoms with Gasteiger partial charge < -0.3 is 19.3 Å². The number of ether oxygens (including phenoxy) is 3. The Morgan fingerprint density at radius 1 is 1.19 bits per heavy atom. The lowest BCUT2D eigenvalue weighted by Gasteiger charge is -2.27. The van der Waals surface area contributed by atoms with E-state index >= 15 is 0 Å². The number of aliphatic hydroxyl groups excluding tert-OH is 1. The molecule has 1 saturated heterocycles. The Balaban J connectivity index is 1.63. The van der Waals surface area contributed by atoms with Crippen LogP contribution in [-0.2, 0) is 16.0 Å². The van der Waals surface area contributed by atoms with Crippen molar-refractivity contribution in [3.05, 3.63) is 84.1 Å². The summed E-state index contributed by atoms with van der Waals surface area (Å²) in [6.07, 6.45) is 3.30. The van der Waals surface area contributed by atoms with Gasteiger partial charge in [-0.15, -0.1) is 6.58 Å². The van der Waals surface area contributed by atoms with Gasteiger partial charge >= 0.3 is 0 Å². The fraction of sp³-hybridized carbons (Fsp3) is 0.414. The van der Waals surface area contributed by atoms with Crippen LogP contribution in [0.4, 0.5) is 0 Å². The summed E-state index contributed by atoms with van der Waals surface area (Å²) >= 11 is 0. The van der Waals surface area contributed by atoms with Gasteiger partial charge in [-0.25, -0.2) is 4.68 Å². The second-order valence-electron chi connectivity index (χ2n) is 9.34. The number of rotatable bonds is 13. The average molecular weight is 492 g/mol. The summed E-state index contributed by atoms with van der Waals surface area (Å²) in [5.74, 6) is 1.43. The van der Waals surface area contributed by atoms with Crippen molar-refractivity contribution < 1.29 is 19.3 Å². The van der Waals surface area contributed by atoms with Crippen LogP contribution in [0.15, 0.2) is 67.3 Å². The molecule has 1 fully saturated rings. The minimum absolute atomic E-state index is 0.150. The van der Waals surface area contributed by atoms with Crippen molar-refractivity contribution in [2.75, 3.05) is 32.9 Å². The smallest absolute Gasteiger partial charge is 0.227 e. The van der Waals surface area contributed by atoms with Crippen molar-refractivity contribution in [1.82, 2.24) is 14.7 Å². The molecule has 2 heterocycles. The molecule has 192 valence electrons. The largest absolute Gasteiger partial charge is 0.439 e. The molecule has 0 bridgehead atoms. The van der Waals surface area contributed by atoms with E-state index in [0.717, 1.165) is 48.7 Å². The number of benzene rings is 2. The van der Waals surface area contributed by atoms with Gasteiger partial charge in [0.05, 0.1) is 42.4 Å². The molecule has 0 amide bonds. The van der Waals surface area contributed by atoms with Crippen LogP contribution in [0.3, 0.4) is 0 Å². The average Bonchev–Trinajstić information content (AvgIpc) is 3.49. The maximum atomic E-state index is 10.7. The van der Waals surface area contributed by atoms with Crippen LogP contribution in [0.5, 0.6) is 11.6 Å². The van der Waals surface area contributed by atoms with E-state index in [0.29, 0.717) is 25.6 Å². The van der Waals surface area contributed by atoms with Gasteiger partial charge in [-0.05, 0) is 51.0 Å². The third kappa shape index (κ3) is 7.04. The highest BCUT2D eigenvalue weighted by Gasteiger charge is 2.26. The normalized spacial score (nSPS) is 16.4. The Kier molecular flexibility index (Phi) is 9.30. The SMILES string of the molecule is C=CCOC[C@H](O)CN(Cc1c(C)nn(-c2ccccc2)c1Oc1ccc(C)cc1)C[C@H]1CCCO1. The predicted octanol–water partition coefficient (Wildman–Crippen LogP) is 4.83. The first kappa shape index (κ1) is 26.1. The first-order valence-corrected chi connectivity index (χ1v) is 12.6. The first-order valence-electron chi connectivity index (χ1n) is 12.6. The van der Waals surface area contributed by atoms with Crippen molar-refractivity contribution in [2.45, 2.75) is 45.4 Å². The van der Waals surface area contributed by atoms with E-state index in [-0.39, 0.29) is 12.7 Å². The molecular formula is C29H37N3O4. The van der Waals surface area contributed by atoms with Crippen LogP contribution in [-0.4, -0.2) is 64.9 Å². The molecule has 2 aromatic carbocycles. The zero-order chi connectivity index (χ0) is 25.3. The van der Waals surface area contributed by atoms with Gasteiger partial charge in [-0.1, -0.05) is 42.0 Å². The Morgan fingerprint density at radius 2 is 1.97 bits per heavy atom. The molecule has 1 N–H and O–H groups in total. The van der Waals surface area contributed by atoms with E-state index in [4.69, 9.17) is 19.3 Å². The minimum Gasteiger partial charge on any atom is -0.439 e. The van der Waals surface area contributed by atoms with Crippen LogP contribution < -0.4 is 4.74 Å². The molecule has 0 saturated carbocycles. The Morgan fingerprint density at radius 3 is 2.67 bits per heavy atom. The number of nitrogens with zero attached hydrogens (tertiary/aromatic N) is 3. The molecule has 7 nitrogen and oxygen atoms in total. The van der Waals surface area contributed by atoms with Gasteiger partial charge in [0.1, 0.15) is 5.75 Å². The lowest BCUT2D eigenvalue weighted by molar-refractivity contribution is 0.00836. The van der Waals surface area contributed by atoms with Crippen molar-refractivity contribution in [3.63, 3.8) is 0 Å². The van der Waals surface area contributed by atoms with E-state index < -0.39 is 6.10 Å². The van der Waals surface area contributed by atoms with Gasteiger partial charge in [0.25, 0.3) is 0 Å². The van der Waals surface area contributed by atoms with Gasteiger partial charge in [-0.2, -0.15) is 5.10 Å². The lowest BCUT2D eigenvalue weighted by Crippen LogP contribution is -2.39. The van der Waals surface area contributed by atoms with Crippen LogP contribution in [0.1, 0.15) is 29.7 Å². The van der Waals surface area contributed by atoms with Crippen LogP contribution >= 0.6 is 0 Å². The Bertz CT molecular complexity index is 1090. The maximum Gasteiger partial charge on any atom is 0.227 e. The molecule has 0 aliphatic carbocycles. The second-order valence-corrected chi connectivity index (χ2v) is 9.34. The fourth-order valence-corrected chi connectivity index (χ4v) is 4.43. The molecule has 36 heavy (non-hydrogen) atoms. The van der Waals surface area contributed by atoms with E-state index in [1.807, 2.05) is 66.2 Å². The molecule has 0 unspecified atom stereocenters. The Labute approximate surface area is 213 Å². The highest BCUT2D eigenvalue weighted by molar-refractivity contribution is 5.43. The molecule has 0 radical (unpaired) electrons. The third-order valence-corrected chi connectivity index (χ3v) is 6.26. The molecule has 7 heteroatoms. The maximum absolute atomic E-state index is 10.7. The van der Waals surface area contributed by atoms with Crippen molar-refractivity contribution in [2.24, 2.45) is 0 Å². The minimum atomic E-state index is -0.628. The Hall–Kier alpha value is -2.97. The van der Waals surface area contributed by atoms with Crippen molar-refractivity contribution in [3.8, 4) is 17.3 Å². The molecule has 1 aliphatic heterocycles. The van der Waals surface area contributed by atoms with Crippen LogP contribution in [0.2, 0.25) is 0 Å². The lowest BCUT2D eigenvalue weighted by atomic mass is 10.1. The number of aliphatic hydroxyl groups is 1. The summed E-state index contributed by atoms with van der Waals surface area (Å²) in [4.78, 5) is 2.22. The first-order chi connectivity index (χ1) is 17.5. The second kappa shape index (κ2) is 12.8. The molecule has 0 spiro atoms. The van der Waals surface area contributed by atoms with E-state index in [9.17, 15) is 5.11 Å². The van der Waals surface area contributed by atoms with E-state index in [1.165, 1.54) is 5.56 Å². The highest BCUT2D eigenvalue weighted by Crippen LogP contribution is 2.32. The summed E-state index contributed by atoms with van der Waals surface area (Å²) in [6, 6.07) is 18.0. The monoisotopic (exact) mass is 491 g/mol. The summed E-state index contributed by atoms with van der Waals surface area (Å²) in [5, 5.41) is 15.5. The van der Waals surface area contributed by atoms with Gasteiger partial charge in [0.2, 0.25) is 5.88 Å². The molecule has 4 rings (SSSR count). The predicted molar refractivity (Wildman–Crippen MR) is 141 cm³/mol. The summed E-state index contributed by atoms with van der Waals surface area (Å²) < 4.78 is 19.7. The van der Waals surface area contributed by atoms with Crippen LogP contribution in [0, 0.1) is 13.8 Å². The van der Waals surface area contributed by atoms with Crippen molar-refractivity contribution >= 4 is 0 Å². The number of hydrogen-bond acceptors (Lipinski definition) is 6. The number of hydrogen-bond donors (Lipinski definition) is 1. The summed E-state index contributed by atoms with van der Waals surface area (Å²) in [5.41, 5.74) is 3.97. The quantitative estimate of drug-likeness (QED) is 0.273. The zero-order valence-corrected chi connectivity index (χ0v) is 21.3. The standard InChI is InChI=1S/C29H37N3O4/c1-4-16-34-21-25(33)18-31(19-27-11-8-17-35-27)20-28-23(3)30-32(24-9-6-5-7-10-24)29(28)36-26-14-12-22(2)13-15-26/h4-7,9-10,12-15,25,27,33H,1,8,11,16-21H2,2-3H3/t25-,27-/m1/s1. The van der Waals surface area contributed by atoms with Gasteiger partial charge in [0, 0.05) is 26.2 Å². The number of aromatic nitrogens is 2. The molecule has 2 atom stereocenters. The molecular weight excluding hydrogens is 454 g/mol. The fourth-order valence-electron chi connectivity index (χ4n) is 4.43. The topological polar surface area (TPSA) is 69.0 Å². The molecule has 3 aromatic rings. The number of aryl methyl sites for hydroxylation is 2. The van der Waals surface area contributed by atoms with E-state index in [2.05, 4.69) is 18.4 Å². The number of para-hydroxylation sites is 1. The van der Waals surface area contributed by atoms with Crippen LogP contribution in [0.25, 0.3) is 5.69 Å². The summed E-state index contributed by atoms with van der Waals surface area (Å²) in [7, 11) is 0. The van der Waals surface area contributed by atoms with E-state index in [1.54, 1.807) is 6.08 Å². The van der Waals surface area contributed by atoms with Gasteiger partial charge in [0.15, 0.2) is 0 Å². The summed E-state index contributed by atoms with van der Waals surface area (Å²) in [6.45, 7) is 10.9. The molecule has 1 aliphatic rings. The zero-order valence-electron chi connectivity index (χ0n) is 21.3.